The predicted octanol–water partition coefficient (Wildman–Crippen LogP) is 5.19. The molecule has 0 saturated heterocycles. The van der Waals surface area contributed by atoms with Crippen LogP contribution in [0.5, 0.6) is 0 Å². The van der Waals surface area contributed by atoms with Crippen LogP contribution in [0.2, 0.25) is 0 Å². The van der Waals surface area contributed by atoms with Gasteiger partial charge in [0.05, 0.1) is 18.6 Å². The third kappa shape index (κ3) is 6.05. The van der Waals surface area contributed by atoms with Crippen molar-refractivity contribution in [2.24, 2.45) is 0 Å². The van der Waals surface area contributed by atoms with Gasteiger partial charge in [-0.05, 0) is 36.1 Å². The lowest BCUT2D eigenvalue weighted by atomic mass is 9.91. The van der Waals surface area contributed by atoms with Gasteiger partial charge in [-0.15, -0.1) is 0 Å². The van der Waals surface area contributed by atoms with E-state index in [0.717, 1.165) is 17.5 Å². The average Bonchev–Trinajstić information content (AvgIpc) is 2.82. The molecule has 4 heteroatoms. The molecule has 0 bridgehead atoms. The third-order valence-corrected chi connectivity index (χ3v) is 5.07. The lowest BCUT2D eigenvalue weighted by molar-refractivity contribution is -0.143. The summed E-state index contributed by atoms with van der Waals surface area (Å²) in [6.07, 6.45) is 1.29. The quantitative estimate of drug-likeness (QED) is 0.462. The first-order valence-corrected chi connectivity index (χ1v) is 10.1. The van der Waals surface area contributed by atoms with E-state index in [1.54, 1.807) is 24.3 Å². The molecule has 0 aliphatic heterocycles. The van der Waals surface area contributed by atoms with E-state index < -0.39 is 12.0 Å². The highest BCUT2D eigenvalue weighted by Gasteiger charge is 2.28. The molecule has 154 valence electrons. The van der Waals surface area contributed by atoms with Gasteiger partial charge in [-0.1, -0.05) is 78.9 Å². The smallest absolute Gasteiger partial charge is 0.338 e. The second-order valence-electron chi connectivity index (χ2n) is 7.14. The Hall–Kier alpha value is -3.40. The molecule has 3 rings (SSSR count). The van der Waals surface area contributed by atoms with Crippen LogP contribution in [-0.2, 0) is 20.7 Å². The fourth-order valence-electron chi connectivity index (χ4n) is 3.45. The molecule has 0 saturated carbocycles. The van der Waals surface area contributed by atoms with Crippen LogP contribution in [0.25, 0.3) is 0 Å². The van der Waals surface area contributed by atoms with Crippen LogP contribution in [0.1, 0.15) is 40.2 Å². The van der Waals surface area contributed by atoms with Gasteiger partial charge < -0.3 is 9.47 Å². The molecule has 0 aliphatic rings. The third-order valence-electron chi connectivity index (χ3n) is 5.07. The van der Waals surface area contributed by atoms with Crippen molar-refractivity contribution in [2.75, 3.05) is 7.11 Å². The van der Waals surface area contributed by atoms with Crippen LogP contribution in [0.15, 0.2) is 91.0 Å². The molecule has 3 aromatic carbocycles. The predicted molar refractivity (Wildman–Crippen MR) is 116 cm³/mol. The first kappa shape index (κ1) is 21.3. The summed E-state index contributed by atoms with van der Waals surface area (Å²) in [5.41, 5.74) is 2.51. The first-order valence-electron chi connectivity index (χ1n) is 10.1. The van der Waals surface area contributed by atoms with Crippen molar-refractivity contribution in [3.8, 4) is 0 Å². The SMILES string of the molecule is COC(=O)C(CC(CCc1ccccc1)OC(=O)c1ccccc1)c1ccccc1. The standard InChI is InChI=1S/C26H26O4/c1-29-26(28)24(21-13-7-3-8-14-21)19-23(18-17-20-11-5-2-6-12-20)30-25(27)22-15-9-4-10-16-22/h2-16,23-24H,17-19H2,1H3. The second kappa shape index (κ2) is 11.0. The molecule has 30 heavy (non-hydrogen) atoms. The van der Waals surface area contributed by atoms with Gasteiger partial charge in [-0.3, -0.25) is 4.79 Å². The number of esters is 2. The summed E-state index contributed by atoms with van der Waals surface area (Å²) < 4.78 is 10.9. The molecular formula is C26H26O4. The van der Waals surface area contributed by atoms with E-state index in [4.69, 9.17) is 9.47 Å². The Morgan fingerprint density at radius 1 is 0.800 bits per heavy atom. The molecule has 0 fully saturated rings. The minimum atomic E-state index is -0.499. The van der Waals surface area contributed by atoms with Gasteiger partial charge in [-0.25, -0.2) is 4.79 Å². The summed E-state index contributed by atoms with van der Waals surface area (Å²) in [7, 11) is 1.38. The summed E-state index contributed by atoms with van der Waals surface area (Å²) in [5.74, 6) is -1.22. The van der Waals surface area contributed by atoms with Crippen molar-refractivity contribution in [1.29, 1.82) is 0 Å². The minimum Gasteiger partial charge on any atom is -0.469 e. The Morgan fingerprint density at radius 3 is 1.97 bits per heavy atom. The molecule has 0 heterocycles. The van der Waals surface area contributed by atoms with Crippen LogP contribution in [-0.4, -0.2) is 25.2 Å². The van der Waals surface area contributed by atoms with E-state index in [1.165, 1.54) is 7.11 Å². The monoisotopic (exact) mass is 402 g/mol. The van der Waals surface area contributed by atoms with Crippen LogP contribution in [0.3, 0.4) is 0 Å². The fraction of sp³-hybridized carbons (Fsp3) is 0.231. The second-order valence-corrected chi connectivity index (χ2v) is 7.14. The number of aryl methyl sites for hydroxylation is 1. The normalized spacial score (nSPS) is 12.6. The van der Waals surface area contributed by atoms with E-state index in [1.807, 2.05) is 66.7 Å². The Kier molecular flexibility index (Phi) is 7.78. The molecule has 0 aliphatic carbocycles. The fourth-order valence-corrected chi connectivity index (χ4v) is 3.45. The number of benzene rings is 3. The minimum absolute atomic E-state index is 0.332. The van der Waals surface area contributed by atoms with Gasteiger partial charge in [-0.2, -0.15) is 0 Å². The van der Waals surface area contributed by atoms with Gasteiger partial charge in [0.25, 0.3) is 0 Å². The average molecular weight is 402 g/mol. The van der Waals surface area contributed by atoms with Crippen LogP contribution in [0, 0.1) is 0 Å². The summed E-state index contributed by atoms with van der Waals surface area (Å²) in [5, 5.41) is 0. The highest BCUT2D eigenvalue weighted by Crippen LogP contribution is 2.26. The Labute approximate surface area is 177 Å². The van der Waals surface area contributed by atoms with E-state index in [0.29, 0.717) is 18.4 Å². The zero-order chi connectivity index (χ0) is 21.2. The summed E-state index contributed by atoms with van der Waals surface area (Å²) in [6.45, 7) is 0. The first-order chi connectivity index (χ1) is 14.7. The van der Waals surface area contributed by atoms with Crippen LogP contribution < -0.4 is 0 Å². The van der Waals surface area contributed by atoms with Crippen molar-refractivity contribution < 1.29 is 19.1 Å². The van der Waals surface area contributed by atoms with Crippen molar-refractivity contribution >= 4 is 11.9 Å². The molecule has 2 atom stereocenters. The molecule has 0 N–H and O–H groups in total. The maximum absolute atomic E-state index is 12.7. The lowest BCUT2D eigenvalue weighted by Gasteiger charge is -2.23. The zero-order valence-corrected chi connectivity index (χ0v) is 17.1. The maximum atomic E-state index is 12.7. The van der Waals surface area contributed by atoms with Crippen molar-refractivity contribution in [3.05, 3.63) is 108 Å². The molecule has 0 radical (unpaired) electrons. The summed E-state index contributed by atoms with van der Waals surface area (Å²) in [6, 6.07) is 28.4. The largest absolute Gasteiger partial charge is 0.469 e. The number of ether oxygens (including phenoxy) is 2. The molecule has 3 aromatic rings. The van der Waals surface area contributed by atoms with E-state index in [-0.39, 0.29) is 11.9 Å². The number of methoxy groups -OCH3 is 1. The Morgan fingerprint density at radius 2 is 1.37 bits per heavy atom. The number of hydrogen-bond acceptors (Lipinski definition) is 4. The van der Waals surface area contributed by atoms with Crippen LogP contribution >= 0.6 is 0 Å². The number of rotatable bonds is 9. The number of carbonyl (C=O) groups excluding carboxylic acids is 2. The molecule has 0 spiro atoms. The highest BCUT2D eigenvalue weighted by molar-refractivity contribution is 5.89. The van der Waals surface area contributed by atoms with E-state index in [9.17, 15) is 9.59 Å². The molecular weight excluding hydrogens is 376 g/mol. The molecule has 0 amide bonds. The van der Waals surface area contributed by atoms with Gasteiger partial charge in [0.1, 0.15) is 6.10 Å². The summed E-state index contributed by atoms with van der Waals surface area (Å²) in [4.78, 5) is 25.2. The molecule has 4 nitrogen and oxygen atoms in total. The topological polar surface area (TPSA) is 52.6 Å². The summed E-state index contributed by atoms with van der Waals surface area (Å²) >= 11 is 0. The van der Waals surface area contributed by atoms with Crippen molar-refractivity contribution in [3.63, 3.8) is 0 Å². The van der Waals surface area contributed by atoms with Gasteiger partial charge in [0.2, 0.25) is 0 Å². The van der Waals surface area contributed by atoms with Gasteiger partial charge in [0, 0.05) is 6.42 Å². The zero-order valence-electron chi connectivity index (χ0n) is 17.1. The number of carbonyl (C=O) groups is 2. The molecule has 0 aromatic heterocycles. The van der Waals surface area contributed by atoms with Crippen molar-refractivity contribution in [1.82, 2.24) is 0 Å². The van der Waals surface area contributed by atoms with Crippen LogP contribution in [0.4, 0.5) is 0 Å². The lowest BCUT2D eigenvalue weighted by Crippen LogP contribution is -2.26. The Bertz CT molecular complexity index is 923. The van der Waals surface area contributed by atoms with Gasteiger partial charge in [0.15, 0.2) is 0 Å². The van der Waals surface area contributed by atoms with Crippen molar-refractivity contribution in [2.45, 2.75) is 31.3 Å². The van der Waals surface area contributed by atoms with E-state index in [2.05, 4.69) is 0 Å². The van der Waals surface area contributed by atoms with E-state index >= 15 is 0 Å². The van der Waals surface area contributed by atoms with Gasteiger partial charge >= 0.3 is 11.9 Å². The molecule has 2 unspecified atom stereocenters. The number of hydrogen-bond donors (Lipinski definition) is 0. The highest BCUT2D eigenvalue weighted by atomic mass is 16.5. The maximum Gasteiger partial charge on any atom is 0.338 e. The Balaban J connectivity index is 1.79.